The van der Waals surface area contributed by atoms with E-state index in [9.17, 15) is 9.59 Å². The van der Waals surface area contributed by atoms with Crippen LogP contribution in [0.3, 0.4) is 0 Å². The van der Waals surface area contributed by atoms with Crippen molar-refractivity contribution in [1.29, 1.82) is 0 Å². The van der Waals surface area contributed by atoms with Crippen LogP contribution < -0.4 is 4.74 Å². The molecule has 0 heterocycles. The molecule has 0 saturated carbocycles. The summed E-state index contributed by atoms with van der Waals surface area (Å²) >= 11 is 0. The molecule has 2 rings (SSSR count). The van der Waals surface area contributed by atoms with Crippen LogP contribution in [-0.2, 0) is 11.2 Å². The maximum Gasteiger partial charge on any atom is 0.414 e. The van der Waals surface area contributed by atoms with Crippen LogP contribution in [0.15, 0.2) is 18.2 Å². The Balaban J connectivity index is 2.13. The van der Waals surface area contributed by atoms with E-state index in [0.717, 1.165) is 24.8 Å². The van der Waals surface area contributed by atoms with Crippen molar-refractivity contribution in [1.82, 2.24) is 9.80 Å². The van der Waals surface area contributed by atoms with Gasteiger partial charge in [-0.15, -0.1) is 0 Å². The number of hydrogen-bond acceptors (Lipinski definition) is 4. The van der Waals surface area contributed by atoms with Crippen molar-refractivity contribution in [3.63, 3.8) is 0 Å². The SMILES string of the molecule is CCCN(C)C(=O)Oc1ccc2c(c1)C(N(C)C(=O)OC(C)(C)C)CC2. The van der Waals surface area contributed by atoms with Gasteiger partial charge in [-0.25, -0.2) is 9.59 Å². The van der Waals surface area contributed by atoms with E-state index in [0.29, 0.717) is 12.3 Å². The average Bonchev–Trinajstić information content (AvgIpc) is 2.95. The van der Waals surface area contributed by atoms with E-state index in [1.807, 2.05) is 45.9 Å². The molecule has 1 aliphatic carbocycles. The van der Waals surface area contributed by atoms with Crippen molar-refractivity contribution in [2.75, 3.05) is 20.6 Å². The van der Waals surface area contributed by atoms with E-state index < -0.39 is 5.60 Å². The first kappa shape index (κ1) is 20.1. The highest BCUT2D eigenvalue weighted by Gasteiger charge is 2.31. The number of ether oxygens (including phenoxy) is 2. The zero-order chi connectivity index (χ0) is 19.5. The third kappa shape index (κ3) is 4.90. The molecule has 0 N–H and O–H groups in total. The molecule has 1 aromatic carbocycles. The first-order valence-electron chi connectivity index (χ1n) is 9.14. The summed E-state index contributed by atoms with van der Waals surface area (Å²) in [6.45, 7) is 8.22. The highest BCUT2D eigenvalue weighted by Crippen LogP contribution is 2.37. The number of hydrogen-bond donors (Lipinski definition) is 0. The molecule has 1 atom stereocenters. The Bertz CT molecular complexity index is 666. The summed E-state index contributed by atoms with van der Waals surface area (Å²) in [6.07, 6.45) is 1.87. The Morgan fingerprint density at radius 3 is 2.50 bits per heavy atom. The molecule has 6 heteroatoms. The molecule has 0 bridgehead atoms. The van der Waals surface area contributed by atoms with Gasteiger partial charge in [0.25, 0.3) is 0 Å². The van der Waals surface area contributed by atoms with Crippen molar-refractivity contribution >= 4 is 12.2 Å². The summed E-state index contributed by atoms with van der Waals surface area (Å²) in [4.78, 5) is 27.7. The van der Waals surface area contributed by atoms with Crippen LogP contribution in [0, 0.1) is 0 Å². The minimum absolute atomic E-state index is 0.0770. The minimum atomic E-state index is -0.534. The second-order valence-electron chi connectivity index (χ2n) is 7.80. The van der Waals surface area contributed by atoms with E-state index in [2.05, 4.69) is 0 Å². The van der Waals surface area contributed by atoms with Crippen LogP contribution in [0.4, 0.5) is 9.59 Å². The van der Waals surface area contributed by atoms with Gasteiger partial charge < -0.3 is 19.3 Å². The fourth-order valence-electron chi connectivity index (χ4n) is 3.09. The fraction of sp³-hybridized carbons (Fsp3) is 0.600. The third-order valence-corrected chi connectivity index (χ3v) is 4.39. The molecule has 1 aromatic rings. The van der Waals surface area contributed by atoms with Crippen molar-refractivity contribution in [3.8, 4) is 5.75 Å². The molecule has 0 aromatic heterocycles. The van der Waals surface area contributed by atoms with Crippen LogP contribution in [-0.4, -0.2) is 48.2 Å². The first-order chi connectivity index (χ1) is 12.1. The number of rotatable bonds is 4. The number of aryl methyl sites for hydroxylation is 1. The van der Waals surface area contributed by atoms with E-state index in [1.165, 1.54) is 5.56 Å². The van der Waals surface area contributed by atoms with Gasteiger partial charge in [0.2, 0.25) is 0 Å². The quantitative estimate of drug-likeness (QED) is 0.797. The van der Waals surface area contributed by atoms with Gasteiger partial charge in [-0.2, -0.15) is 0 Å². The summed E-state index contributed by atoms with van der Waals surface area (Å²) in [5.41, 5.74) is 1.66. The zero-order valence-corrected chi connectivity index (χ0v) is 16.7. The number of benzene rings is 1. The van der Waals surface area contributed by atoms with E-state index >= 15 is 0 Å². The number of carbonyl (C=O) groups excluding carboxylic acids is 2. The van der Waals surface area contributed by atoms with Gasteiger partial charge in [0.15, 0.2) is 0 Å². The second-order valence-corrected chi connectivity index (χ2v) is 7.80. The molecule has 6 nitrogen and oxygen atoms in total. The summed E-state index contributed by atoms with van der Waals surface area (Å²) in [5, 5.41) is 0. The van der Waals surface area contributed by atoms with E-state index in [4.69, 9.17) is 9.47 Å². The molecular weight excluding hydrogens is 332 g/mol. The smallest absolute Gasteiger partial charge is 0.414 e. The highest BCUT2D eigenvalue weighted by atomic mass is 16.6. The molecule has 2 amide bonds. The predicted molar refractivity (Wildman–Crippen MR) is 100 cm³/mol. The maximum atomic E-state index is 12.4. The lowest BCUT2D eigenvalue weighted by atomic mass is 10.1. The molecule has 26 heavy (non-hydrogen) atoms. The van der Waals surface area contributed by atoms with Crippen LogP contribution in [0.1, 0.15) is 57.7 Å². The monoisotopic (exact) mass is 362 g/mol. The number of fused-ring (bicyclic) bond motifs is 1. The average molecular weight is 362 g/mol. The van der Waals surface area contributed by atoms with Crippen molar-refractivity contribution < 1.29 is 19.1 Å². The Labute approximate surface area is 156 Å². The van der Waals surface area contributed by atoms with Gasteiger partial charge in [-0.05, 0) is 63.3 Å². The van der Waals surface area contributed by atoms with Gasteiger partial charge in [0.1, 0.15) is 11.4 Å². The molecule has 1 aliphatic rings. The van der Waals surface area contributed by atoms with Crippen molar-refractivity contribution in [2.45, 2.75) is 58.6 Å². The molecule has 0 aliphatic heterocycles. The Morgan fingerprint density at radius 1 is 1.19 bits per heavy atom. The number of carbonyl (C=O) groups is 2. The molecule has 0 fully saturated rings. The summed E-state index contributed by atoms with van der Waals surface area (Å²) in [5.74, 6) is 0.501. The van der Waals surface area contributed by atoms with Crippen molar-refractivity contribution in [3.05, 3.63) is 29.3 Å². The lowest BCUT2D eigenvalue weighted by Gasteiger charge is -2.29. The Morgan fingerprint density at radius 2 is 1.88 bits per heavy atom. The third-order valence-electron chi connectivity index (χ3n) is 4.39. The molecular formula is C20H30N2O4. The normalized spacial score (nSPS) is 16.0. The van der Waals surface area contributed by atoms with Crippen LogP contribution in [0.5, 0.6) is 5.75 Å². The summed E-state index contributed by atoms with van der Waals surface area (Å²) in [6, 6.07) is 5.57. The highest BCUT2D eigenvalue weighted by molar-refractivity contribution is 5.71. The zero-order valence-electron chi connectivity index (χ0n) is 16.7. The number of amides is 2. The van der Waals surface area contributed by atoms with Crippen LogP contribution in [0.2, 0.25) is 0 Å². The maximum absolute atomic E-state index is 12.4. The lowest BCUT2D eigenvalue weighted by molar-refractivity contribution is 0.0220. The fourth-order valence-corrected chi connectivity index (χ4v) is 3.09. The molecule has 0 radical (unpaired) electrons. The van der Waals surface area contributed by atoms with Crippen molar-refractivity contribution in [2.24, 2.45) is 0 Å². The van der Waals surface area contributed by atoms with Gasteiger partial charge in [-0.1, -0.05) is 13.0 Å². The Kier molecular flexibility index (Phi) is 6.16. The van der Waals surface area contributed by atoms with Crippen LogP contribution in [0.25, 0.3) is 0 Å². The second kappa shape index (κ2) is 7.98. The summed E-state index contributed by atoms with van der Waals surface area (Å²) in [7, 11) is 3.47. The predicted octanol–water partition coefficient (Wildman–Crippen LogP) is 4.38. The number of nitrogens with zero attached hydrogens (tertiary/aromatic N) is 2. The van der Waals surface area contributed by atoms with Gasteiger partial charge in [0, 0.05) is 20.6 Å². The standard InChI is InChI=1S/C20H30N2O4/c1-7-12-21(5)18(23)25-15-10-8-14-9-11-17(16(14)13-15)22(6)19(24)26-20(2,3)4/h8,10,13,17H,7,9,11-12H2,1-6H3. The molecule has 0 saturated heterocycles. The van der Waals surface area contributed by atoms with Gasteiger partial charge >= 0.3 is 12.2 Å². The van der Waals surface area contributed by atoms with E-state index in [1.54, 1.807) is 23.9 Å². The summed E-state index contributed by atoms with van der Waals surface area (Å²) < 4.78 is 11.0. The Hall–Kier alpha value is -2.24. The van der Waals surface area contributed by atoms with Gasteiger partial charge in [0.05, 0.1) is 6.04 Å². The van der Waals surface area contributed by atoms with E-state index in [-0.39, 0.29) is 18.2 Å². The minimum Gasteiger partial charge on any atom is -0.444 e. The van der Waals surface area contributed by atoms with Gasteiger partial charge in [-0.3, -0.25) is 0 Å². The topological polar surface area (TPSA) is 59.1 Å². The molecule has 0 spiro atoms. The first-order valence-corrected chi connectivity index (χ1v) is 9.14. The largest absolute Gasteiger partial charge is 0.444 e. The molecule has 1 unspecified atom stereocenters. The van der Waals surface area contributed by atoms with Crippen LogP contribution >= 0.6 is 0 Å². The molecule has 144 valence electrons. The lowest BCUT2D eigenvalue weighted by Crippen LogP contribution is -2.36.